The molecule has 2 rings (SSSR count). The van der Waals surface area contributed by atoms with Gasteiger partial charge in [-0.2, -0.15) is 0 Å². The normalized spacial score (nSPS) is 9.56. The number of carbonyl (C=O) groups is 5. The van der Waals surface area contributed by atoms with Crippen molar-refractivity contribution in [2.45, 2.75) is 0 Å². The average molecular weight is 515 g/mol. The Labute approximate surface area is 257 Å². The molecule has 0 spiro atoms. The van der Waals surface area contributed by atoms with E-state index in [9.17, 15) is 29.1 Å². The number of carbonyl (C=O) groups excluding carboxylic acids is 4. The number of phenols is 1. The van der Waals surface area contributed by atoms with Gasteiger partial charge in [0.15, 0.2) is 0 Å². The van der Waals surface area contributed by atoms with Gasteiger partial charge in [-0.25, -0.2) is 19.2 Å². The molecule has 1 aromatic carbocycles. The minimum Gasteiger partial charge on any atom is -1.00 e. The summed E-state index contributed by atoms with van der Waals surface area (Å²) in [6.45, 7) is 0. The molecule has 1 heterocycles. The third-order valence-electron chi connectivity index (χ3n) is 2.23. The molecule has 0 fully saturated rings. The van der Waals surface area contributed by atoms with Gasteiger partial charge < -0.3 is 49.6 Å². The number of hydrogen-bond acceptors (Lipinski definition) is 12. The summed E-state index contributed by atoms with van der Waals surface area (Å²) in [6.07, 6.45) is 3.11. The first-order valence-corrected chi connectivity index (χ1v) is 7.14. The van der Waals surface area contributed by atoms with Crippen LogP contribution < -0.4 is 98.5 Å². The number of carboxylic acid groups (broad SMARTS) is 2. The van der Waals surface area contributed by atoms with Crippen LogP contribution in [-0.4, -0.2) is 52.3 Å². The molecule has 1 aliphatic heterocycles. The van der Waals surface area contributed by atoms with Crippen LogP contribution in [0.25, 0.3) is 0 Å². The number of aliphatic carboxylic acids is 2. The Hall–Kier alpha value is -1.82. The Bertz CT molecular complexity index is 826. The van der Waals surface area contributed by atoms with Gasteiger partial charge in [-0.05, 0) is 18.2 Å². The topological polar surface area (TPSA) is 234 Å². The monoisotopic (exact) mass is 515 g/mol. The maximum Gasteiger partial charge on any atom is 1.00 e. The average Bonchev–Trinajstić information content (AvgIpc) is 3.03. The van der Waals surface area contributed by atoms with Crippen molar-refractivity contribution in [1.29, 1.82) is 0 Å². The molecule has 0 amide bonds. The number of ether oxygens (including phenoxy) is 2. The predicted molar refractivity (Wildman–Crippen MR) is 91.8 cm³/mol. The quantitative estimate of drug-likeness (QED) is 0.0951. The number of methoxy groups -OCH3 is 1. The summed E-state index contributed by atoms with van der Waals surface area (Å²) in [5, 5.41) is 41.1. The fraction of sp³-hybridized carbons (Fsp3) is 0.0625. The predicted octanol–water partition coefficient (Wildman–Crippen LogP) is -13.0. The molecule has 0 atom stereocenters. The number of hydrogen-bond donors (Lipinski definition) is 2. The van der Waals surface area contributed by atoms with Gasteiger partial charge in [-0.15, -0.1) is 0 Å². The molecule has 0 saturated heterocycles. The number of cyclic esters (lactones) is 2. The molecule has 0 bridgehead atoms. The number of aromatic hydroxyl groups is 1. The van der Waals surface area contributed by atoms with Crippen molar-refractivity contribution in [1.82, 2.24) is 0 Å². The third kappa shape index (κ3) is 30.2. The SMILES string of the molecule is COC(=O)c1ccccc1O.O=C([O-])/C=C\C(=O)O.O=C1C=CC(=O)O1.O=[N+]([O-])[O-].[F-].[Na+].[Na+].[Na+]. The van der Waals surface area contributed by atoms with Gasteiger partial charge in [0.2, 0.25) is 0 Å². The van der Waals surface area contributed by atoms with E-state index >= 15 is 0 Å². The van der Waals surface area contributed by atoms with Gasteiger partial charge in [0.25, 0.3) is 0 Å². The molecule has 0 aromatic heterocycles. The van der Waals surface area contributed by atoms with Gasteiger partial charge in [0.1, 0.15) is 11.3 Å². The number of benzene rings is 1. The number of nitrogens with zero attached hydrogens (tertiary/aromatic N) is 1. The van der Waals surface area contributed by atoms with E-state index in [2.05, 4.69) is 9.47 Å². The summed E-state index contributed by atoms with van der Waals surface area (Å²) in [7, 11) is 1.27. The number of halogens is 1. The second-order valence-corrected chi connectivity index (χ2v) is 4.30. The van der Waals surface area contributed by atoms with Crippen LogP contribution in [0.1, 0.15) is 10.4 Å². The van der Waals surface area contributed by atoms with Crippen molar-refractivity contribution >= 4 is 29.8 Å². The fourth-order valence-electron chi connectivity index (χ4n) is 1.20. The van der Waals surface area contributed by atoms with E-state index in [0.29, 0.717) is 12.2 Å². The van der Waals surface area contributed by atoms with Crippen LogP contribution in [0, 0.1) is 15.3 Å². The van der Waals surface area contributed by atoms with Crippen LogP contribution in [0.15, 0.2) is 48.6 Å². The van der Waals surface area contributed by atoms with E-state index in [1.54, 1.807) is 12.1 Å². The second kappa shape index (κ2) is 27.4. The zero-order valence-electron chi connectivity index (χ0n) is 18.3. The first-order valence-electron chi connectivity index (χ1n) is 7.14. The molecule has 0 radical (unpaired) electrons. The summed E-state index contributed by atoms with van der Waals surface area (Å²) in [5.41, 5.74) is 0.190. The van der Waals surface area contributed by atoms with Crippen LogP contribution in [0.2, 0.25) is 0 Å². The Morgan fingerprint density at radius 3 is 1.65 bits per heavy atom. The van der Waals surface area contributed by atoms with Crippen molar-refractivity contribution in [3.63, 3.8) is 0 Å². The number of phenolic OH excluding ortho intramolecular Hbond substituents is 1. The van der Waals surface area contributed by atoms with Gasteiger partial charge >= 0.3 is 113 Å². The number of carboxylic acids is 2. The minimum atomic E-state index is -1.75. The van der Waals surface area contributed by atoms with Gasteiger partial charge in [0.05, 0.1) is 18.2 Å². The Balaban J connectivity index is -0.0000000775. The van der Waals surface area contributed by atoms with E-state index in [1.807, 2.05) is 0 Å². The van der Waals surface area contributed by atoms with E-state index < -0.39 is 34.9 Å². The smallest absolute Gasteiger partial charge is 1.00 e. The van der Waals surface area contributed by atoms with Crippen LogP contribution in [-0.2, 0) is 28.7 Å². The van der Waals surface area contributed by atoms with Crippen LogP contribution in [0.5, 0.6) is 5.75 Å². The van der Waals surface area contributed by atoms with Crippen molar-refractivity contribution in [3.05, 3.63) is 69.5 Å². The molecule has 1 aliphatic rings. The van der Waals surface area contributed by atoms with E-state index in [1.165, 1.54) is 19.2 Å². The molecule has 170 valence electrons. The van der Waals surface area contributed by atoms with Gasteiger partial charge in [-0.3, -0.25) is 0 Å². The van der Waals surface area contributed by atoms with E-state index in [-0.39, 0.29) is 105 Å². The maximum absolute atomic E-state index is 10.9. The molecule has 18 heteroatoms. The molecule has 0 saturated carbocycles. The van der Waals surface area contributed by atoms with E-state index in [4.69, 9.17) is 25.5 Å². The van der Waals surface area contributed by atoms with E-state index in [0.717, 1.165) is 12.2 Å². The van der Waals surface area contributed by atoms with Crippen molar-refractivity contribution in [2.75, 3.05) is 7.11 Å². The molecule has 0 aliphatic carbocycles. The zero-order chi connectivity index (χ0) is 23.7. The van der Waals surface area contributed by atoms with Crippen LogP contribution in [0.4, 0.5) is 0 Å². The Kier molecular flexibility index (Phi) is 36.8. The summed E-state index contributed by atoms with van der Waals surface area (Å²) in [5.74, 6) is -4.54. The summed E-state index contributed by atoms with van der Waals surface area (Å²) < 4.78 is 8.39. The Morgan fingerprint density at radius 2 is 1.41 bits per heavy atom. The summed E-state index contributed by atoms with van der Waals surface area (Å²) in [4.78, 5) is 57.9. The second-order valence-electron chi connectivity index (χ2n) is 4.30. The number of para-hydroxylation sites is 1. The third-order valence-corrected chi connectivity index (χ3v) is 2.23. The number of esters is 3. The van der Waals surface area contributed by atoms with Crippen molar-refractivity contribution in [2.24, 2.45) is 0 Å². The molecule has 1 aromatic rings. The van der Waals surface area contributed by atoms with Gasteiger partial charge in [-0.1, -0.05) is 12.1 Å². The van der Waals surface area contributed by atoms with Crippen LogP contribution >= 0.6 is 0 Å². The van der Waals surface area contributed by atoms with Crippen LogP contribution in [0.3, 0.4) is 0 Å². The molecular formula is C16H13FNNa3O13. The first-order chi connectivity index (χ1) is 13.9. The number of rotatable bonds is 3. The summed E-state index contributed by atoms with van der Waals surface area (Å²) in [6, 6.07) is 6.24. The van der Waals surface area contributed by atoms with Crippen molar-refractivity contribution in [3.8, 4) is 5.75 Å². The Morgan fingerprint density at radius 1 is 1.00 bits per heavy atom. The standard InChI is InChI=1S/C8H8O3.C4H4O4.C4H2O3.FH.NO3.3Na/c1-11-8(10)6-4-2-3-5-7(6)9;5-3(6)1-2-4(7)8;5-3-1-2-4(6)7-3;;2-1(3)4;;;/h2-5,9H,1H3;1-2H,(H,5,6)(H,7,8);1-2H;1H;;;;/q;;;;-1;3*+1/p-2/b;2-1-;;;;;;. The van der Waals surface area contributed by atoms with Gasteiger partial charge in [0, 0.05) is 18.2 Å². The molecule has 0 unspecified atom stereocenters. The largest absolute Gasteiger partial charge is 1.00 e. The molecule has 14 nitrogen and oxygen atoms in total. The molecular weight excluding hydrogens is 502 g/mol. The fourth-order valence-corrected chi connectivity index (χ4v) is 1.20. The molecule has 34 heavy (non-hydrogen) atoms. The minimum absolute atomic E-state index is 0. The first kappa shape index (κ1) is 45.6. The molecule has 2 N–H and O–H groups in total. The summed E-state index contributed by atoms with van der Waals surface area (Å²) >= 11 is 0. The zero-order valence-corrected chi connectivity index (χ0v) is 24.3. The van der Waals surface area contributed by atoms with Crippen molar-refractivity contribution < 1.29 is 147 Å². The maximum atomic E-state index is 10.9.